The van der Waals surface area contributed by atoms with Gasteiger partial charge >= 0.3 is 5.97 Å². The van der Waals surface area contributed by atoms with E-state index in [1.54, 1.807) is 0 Å². The van der Waals surface area contributed by atoms with Gasteiger partial charge < -0.3 is 20.4 Å². The smallest absolute Gasteiger partial charge is 0.308 e. The van der Waals surface area contributed by atoms with Crippen molar-refractivity contribution < 1.29 is 20.4 Å². The lowest BCUT2D eigenvalue weighted by Gasteiger charge is -2.14. The van der Waals surface area contributed by atoms with Crippen molar-refractivity contribution in [2.24, 2.45) is 0 Å². The van der Waals surface area contributed by atoms with Crippen LogP contribution in [0.15, 0.2) is 24.3 Å². The molecule has 11 heavy (non-hydrogen) atoms. The number of phenolic OH excluding ortho intramolecular Hbond substituents is 1. The first-order valence-corrected chi connectivity index (χ1v) is 2.97. The second-order valence-electron chi connectivity index (χ2n) is 2.15. The van der Waals surface area contributed by atoms with E-state index in [1.807, 2.05) is 0 Å². The number of rotatable bonds is 1. The van der Waals surface area contributed by atoms with Gasteiger partial charge in [0.2, 0.25) is 0 Å². The van der Waals surface area contributed by atoms with Crippen LogP contribution in [0, 0.1) is 0 Å². The van der Waals surface area contributed by atoms with Gasteiger partial charge in [0, 0.05) is 0 Å². The number of hydrogen-bond acceptors (Lipinski definition) is 4. The molecule has 0 fully saturated rings. The lowest BCUT2D eigenvalue weighted by atomic mass is 10.2. The maximum absolute atomic E-state index is 8.97. The van der Waals surface area contributed by atoms with E-state index >= 15 is 0 Å². The number of para-hydroxylation sites is 1. The summed E-state index contributed by atoms with van der Waals surface area (Å²) in [6.07, 6.45) is 0. The zero-order valence-electron chi connectivity index (χ0n) is 5.60. The summed E-state index contributed by atoms with van der Waals surface area (Å²) in [5.74, 6) is -3.33. The Hall–Kier alpha value is -1.10. The Bertz CT molecular complexity index is 251. The van der Waals surface area contributed by atoms with E-state index in [4.69, 9.17) is 20.4 Å². The number of benzene rings is 1. The standard InChI is InChI=1S/C7H8O4/c8-6-4-2-1-3-5(6)7(9,10)11/h1-4,8-11H. The molecule has 4 heteroatoms. The van der Waals surface area contributed by atoms with Crippen LogP contribution in [-0.4, -0.2) is 20.4 Å². The Labute approximate surface area is 63.0 Å². The van der Waals surface area contributed by atoms with Crippen LogP contribution in [0.4, 0.5) is 0 Å². The molecule has 1 aromatic carbocycles. The predicted octanol–water partition coefficient (Wildman–Crippen LogP) is -0.521. The summed E-state index contributed by atoms with van der Waals surface area (Å²) < 4.78 is 0. The van der Waals surface area contributed by atoms with Crippen molar-refractivity contribution in [2.75, 3.05) is 0 Å². The summed E-state index contributed by atoms with van der Waals surface area (Å²) in [6.45, 7) is 0. The van der Waals surface area contributed by atoms with Gasteiger partial charge in [-0.2, -0.15) is 0 Å². The molecule has 1 rings (SSSR count). The summed E-state index contributed by atoms with van der Waals surface area (Å²) in [5.41, 5.74) is -0.333. The third-order valence-electron chi connectivity index (χ3n) is 1.27. The molecule has 0 saturated heterocycles. The Morgan fingerprint density at radius 2 is 1.55 bits per heavy atom. The van der Waals surface area contributed by atoms with Gasteiger partial charge in [-0.3, -0.25) is 0 Å². The molecule has 4 N–H and O–H groups in total. The minimum Gasteiger partial charge on any atom is -0.507 e. The molecule has 0 aliphatic heterocycles. The molecule has 0 bridgehead atoms. The van der Waals surface area contributed by atoms with Crippen molar-refractivity contribution in [1.82, 2.24) is 0 Å². The molecule has 0 spiro atoms. The molecule has 60 valence electrons. The normalized spacial score (nSPS) is 11.5. The van der Waals surface area contributed by atoms with Gasteiger partial charge in [-0.1, -0.05) is 12.1 Å². The van der Waals surface area contributed by atoms with Crippen molar-refractivity contribution in [3.8, 4) is 5.75 Å². The highest BCUT2D eigenvalue weighted by Crippen LogP contribution is 2.23. The zero-order chi connectivity index (χ0) is 8.48. The highest BCUT2D eigenvalue weighted by molar-refractivity contribution is 5.33. The second-order valence-corrected chi connectivity index (χ2v) is 2.15. The van der Waals surface area contributed by atoms with E-state index in [9.17, 15) is 0 Å². The quantitative estimate of drug-likeness (QED) is 0.412. The Morgan fingerprint density at radius 1 is 1.00 bits per heavy atom. The summed E-state index contributed by atoms with van der Waals surface area (Å²) in [6, 6.07) is 5.42. The molecule has 1 aromatic rings. The van der Waals surface area contributed by atoms with Crippen LogP contribution in [0.5, 0.6) is 5.75 Å². The minimum atomic E-state index is -2.97. The zero-order valence-corrected chi connectivity index (χ0v) is 5.60. The van der Waals surface area contributed by atoms with Gasteiger partial charge in [0.15, 0.2) is 0 Å². The van der Waals surface area contributed by atoms with Gasteiger partial charge in [-0.25, -0.2) is 0 Å². The fourth-order valence-corrected chi connectivity index (χ4v) is 0.757. The number of hydrogen-bond donors (Lipinski definition) is 4. The summed E-state index contributed by atoms with van der Waals surface area (Å²) in [5, 5.41) is 34.8. The van der Waals surface area contributed by atoms with E-state index in [2.05, 4.69) is 0 Å². The molecule has 0 aromatic heterocycles. The topological polar surface area (TPSA) is 80.9 Å². The fraction of sp³-hybridized carbons (Fsp3) is 0.143. The van der Waals surface area contributed by atoms with Gasteiger partial charge in [-0.05, 0) is 12.1 Å². The molecule has 0 amide bonds. The van der Waals surface area contributed by atoms with Crippen molar-refractivity contribution in [3.63, 3.8) is 0 Å². The van der Waals surface area contributed by atoms with Crippen LogP contribution >= 0.6 is 0 Å². The van der Waals surface area contributed by atoms with E-state index in [-0.39, 0.29) is 11.3 Å². The van der Waals surface area contributed by atoms with Crippen LogP contribution in [-0.2, 0) is 5.97 Å². The van der Waals surface area contributed by atoms with Gasteiger partial charge in [0.1, 0.15) is 5.75 Å². The molecular formula is C7H8O4. The molecule has 0 aliphatic carbocycles. The Kier molecular flexibility index (Phi) is 1.82. The van der Waals surface area contributed by atoms with Gasteiger partial charge in [-0.15, -0.1) is 0 Å². The third-order valence-corrected chi connectivity index (χ3v) is 1.27. The Morgan fingerprint density at radius 3 is 1.91 bits per heavy atom. The monoisotopic (exact) mass is 156 g/mol. The molecular weight excluding hydrogens is 148 g/mol. The third kappa shape index (κ3) is 1.68. The maximum atomic E-state index is 8.97. The van der Waals surface area contributed by atoms with Crippen LogP contribution in [0.2, 0.25) is 0 Å². The summed E-state index contributed by atoms with van der Waals surface area (Å²) >= 11 is 0. The van der Waals surface area contributed by atoms with Gasteiger partial charge in [0.05, 0.1) is 5.56 Å². The number of phenols is 1. The maximum Gasteiger partial charge on any atom is 0.308 e. The first-order valence-electron chi connectivity index (χ1n) is 2.97. The molecule has 0 heterocycles. The molecule has 0 atom stereocenters. The highest BCUT2D eigenvalue weighted by Gasteiger charge is 2.24. The first kappa shape index (κ1) is 8.00. The average molecular weight is 156 g/mol. The van der Waals surface area contributed by atoms with Crippen LogP contribution in [0.1, 0.15) is 5.56 Å². The summed E-state index contributed by atoms with van der Waals surface area (Å²) in [7, 11) is 0. The Balaban J connectivity index is 3.14. The predicted molar refractivity (Wildman–Crippen MR) is 36.4 cm³/mol. The second kappa shape index (κ2) is 2.50. The van der Waals surface area contributed by atoms with Crippen LogP contribution in [0.3, 0.4) is 0 Å². The lowest BCUT2D eigenvalue weighted by Crippen LogP contribution is -2.23. The van der Waals surface area contributed by atoms with Crippen molar-refractivity contribution in [3.05, 3.63) is 29.8 Å². The summed E-state index contributed by atoms with van der Waals surface area (Å²) in [4.78, 5) is 0. The van der Waals surface area contributed by atoms with Crippen LogP contribution in [0.25, 0.3) is 0 Å². The molecule has 0 unspecified atom stereocenters. The van der Waals surface area contributed by atoms with E-state index in [1.165, 1.54) is 24.3 Å². The molecule has 0 saturated carbocycles. The van der Waals surface area contributed by atoms with Crippen molar-refractivity contribution in [2.45, 2.75) is 5.97 Å². The largest absolute Gasteiger partial charge is 0.507 e. The minimum absolute atomic E-state index is 0.333. The first-order chi connectivity index (χ1) is 5.02. The van der Waals surface area contributed by atoms with E-state index in [0.29, 0.717) is 0 Å². The molecule has 0 aliphatic rings. The van der Waals surface area contributed by atoms with Crippen molar-refractivity contribution in [1.29, 1.82) is 0 Å². The lowest BCUT2D eigenvalue weighted by molar-refractivity contribution is -0.324. The fourth-order valence-electron chi connectivity index (χ4n) is 0.757. The van der Waals surface area contributed by atoms with Gasteiger partial charge in [0.25, 0.3) is 0 Å². The number of aliphatic hydroxyl groups is 3. The molecule has 0 radical (unpaired) electrons. The number of aromatic hydroxyl groups is 1. The highest BCUT2D eigenvalue weighted by atomic mass is 16.7. The van der Waals surface area contributed by atoms with E-state index in [0.717, 1.165) is 0 Å². The van der Waals surface area contributed by atoms with Crippen LogP contribution < -0.4 is 0 Å². The van der Waals surface area contributed by atoms with E-state index < -0.39 is 5.97 Å². The SMILES string of the molecule is Oc1ccccc1C(O)(O)O. The van der Waals surface area contributed by atoms with Crippen molar-refractivity contribution >= 4 is 0 Å². The average Bonchev–Trinajstić information content (AvgIpc) is 1.86. The molecule has 4 nitrogen and oxygen atoms in total.